The minimum absolute atomic E-state index is 0.253. The first kappa shape index (κ1) is 15.3. The quantitative estimate of drug-likeness (QED) is 0.811. The summed E-state index contributed by atoms with van der Waals surface area (Å²) in [6, 6.07) is 15.6. The van der Waals surface area contributed by atoms with Gasteiger partial charge >= 0.3 is 0 Å². The topological polar surface area (TPSA) is 12.0 Å². The average Bonchev–Trinajstić information content (AvgIpc) is 2.48. The van der Waals surface area contributed by atoms with E-state index >= 15 is 0 Å². The second-order valence-electron chi connectivity index (χ2n) is 5.04. The molecule has 0 bridgehead atoms. The van der Waals surface area contributed by atoms with E-state index in [2.05, 4.69) is 84.5 Å². The van der Waals surface area contributed by atoms with Crippen LogP contribution in [0.2, 0.25) is 0 Å². The van der Waals surface area contributed by atoms with Gasteiger partial charge in [-0.15, -0.1) is 0 Å². The molecule has 0 aliphatic rings. The fourth-order valence-electron chi connectivity index (χ4n) is 2.49. The normalized spacial score (nSPS) is 12.4. The zero-order valence-corrected chi connectivity index (χ0v) is 14.0. The molecule has 20 heavy (non-hydrogen) atoms. The Kier molecular flexibility index (Phi) is 5.38. The maximum atomic E-state index is 3.63. The maximum absolute atomic E-state index is 3.63. The van der Waals surface area contributed by atoms with E-state index < -0.39 is 0 Å². The molecule has 0 spiro atoms. The number of aryl methyl sites for hydroxylation is 1. The van der Waals surface area contributed by atoms with Crippen molar-refractivity contribution in [1.82, 2.24) is 5.32 Å². The molecule has 1 unspecified atom stereocenters. The van der Waals surface area contributed by atoms with Crippen molar-refractivity contribution in [3.63, 3.8) is 0 Å². The Morgan fingerprint density at radius 3 is 2.35 bits per heavy atom. The lowest BCUT2D eigenvalue weighted by atomic mass is 9.94. The lowest BCUT2D eigenvalue weighted by molar-refractivity contribution is 0.627. The monoisotopic (exact) mass is 331 g/mol. The van der Waals surface area contributed by atoms with Gasteiger partial charge in [0, 0.05) is 4.47 Å². The molecule has 0 amide bonds. The van der Waals surface area contributed by atoms with Crippen molar-refractivity contribution >= 4 is 15.9 Å². The molecule has 0 radical (unpaired) electrons. The summed E-state index contributed by atoms with van der Waals surface area (Å²) in [5, 5.41) is 3.60. The Labute approximate surface area is 130 Å². The van der Waals surface area contributed by atoms with E-state index in [0.29, 0.717) is 0 Å². The molecular formula is C18H22BrN. The van der Waals surface area contributed by atoms with Gasteiger partial charge < -0.3 is 5.32 Å². The summed E-state index contributed by atoms with van der Waals surface area (Å²) < 4.78 is 1.17. The molecule has 0 saturated heterocycles. The van der Waals surface area contributed by atoms with Crippen LogP contribution < -0.4 is 5.32 Å². The van der Waals surface area contributed by atoms with E-state index in [9.17, 15) is 0 Å². The number of rotatable bonds is 5. The average molecular weight is 332 g/mol. The Bertz CT molecular complexity index is 560. The van der Waals surface area contributed by atoms with Gasteiger partial charge in [0.2, 0.25) is 0 Å². The van der Waals surface area contributed by atoms with Crippen LogP contribution in [0.3, 0.4) is 0 Å². The summed E-state index contributed by atoms with van der Waals surface area (Å²) in [6.45, 7) is 7.46. The van der Waals surface area contributed by atoms with Gasteiger partial charge in [-0.2, -0.15) is 0 Å². The molecule has 0 aromatic heterocycles. The number of hydrogen-bond acceptors (Lipinski definition) is 1. The summed E-state index contributed by atoms with van der Waals surface area (Å²) in [6.07, 6.45) is 1.09. The summed E-state index contributed by atoms with van der Waals surface area (Å²) in [5.41, 5.74) is 5.35. The fourth-order valence-corrected chi connectivity index (χ4v) is 2.88. The molecule has 2 heteroatoms. The lowest BCUT2D eigenvalue weighted by Crippen LogP contribution is -2.22. The molecule has 2 aromatic rings. The molecule has 1 atom stereocenters. The molecule has 1 N–H and O–H groups in total. The standard InChI is InChI=1S/C18H22BrN/c1-4-14-9-11-15(12-10-14)18(20-5-2)16-7-6-8-17(19)13(16)3/h6-12,18,20H,4-5H2,1-3H3. The number of benzene rings is 2. The van der Waals surface area contributed by atoms with Gasteiger partial charge in [-0.1, -0.05) is 66.2 Å². The van der Waals surface area contributed by atoms with Crippen LogP contribution in [0.15, 0.2) is 46.9 Å². The van der Waals surface area contributed by atoms with Crippen molar-refractivity contribution in [3.8, 4) is 0 Å². The van der Waals surface area contributed by atoms with Gasteiger partial charge in [0.15, 0.2) is 0 Å². The first-order valence-electron chi connectivity index (χ1n) is 7.24. The van der Waals surface area contributed by atoms with E-state index in [-0.39, 0.29) is 6.04 Å². The highest BCUT2D eigenvalue weighted by molar-refractivity contribution is 9.10. The zero-order chi connectivity index (χ0) is 14.5. The van der Waals surface area contributed by atoms with E-state index in [1.165, 1.54) is 26.7 Å². The lowest BCUT2D eigenvalue weighted by Gasteiger charge is -2.22. The zero-order valence-electron chi connectivity index (χ0n) is 12.4. The molecule has 0 aliphatic heterocycles. The van der Waals surface area contributed by atoms with Gasteiger partial charge in [-0.05, 0) is 48.2 Å². The fraction of sp³-hybridized carbons (Fsp3) is 0.333. The second kappa shape index (κ2) is 7.05. The van der Waals surface area contributed by atoms with Gasteiger partial charge in [-0.3, -0.25) is 0 Å². The first-order valence-corrected chi connectivity index (χ1v) is 8.03. The SMILES string of the molecule is CCNC(c1ccc(CC)cc1)c1cccc(Br)c1C. The van der Waals surface area contributed by atoms with E-state index in [1.807, 2.05) is 0 Å². The number of halogens is 1. The first-order chi connectivity index (χ1) is 9.67. The highest BCUT2D eigenvalue weighted by atomic mass is 79.9. The van der Waals surface area contributed by atoms with Gasteiger partial charge in [0.25, 0.3) is 0 Å². The molecular weight excluding hydrogens is 310 g/mol. The predicted octanol–water partition coefficient (Wildman–Crippen LogP) is 5.02. The van der Waals surface area contributed by atoms with Crippen molar-refractivity contribution in [2.45, 2.75) is 33.2 Å². The Morgan fingerprint density at radius 2 is 1.75 bits per heavy atom. The molecule has 1 nitrogen and oxygen atoms in total. The van der Waals surface area contributed by atoms with E-state index in [4.69, 9.17) is 0 Å². The maximum Gasteiger partial charge on any atom is 0.0579 e. The van der Waals surface area contributed by atoms with Crippen LogP contribution in [-0.2, 0) is 6.42 Å². The molecule has 0 saturated carbocycles. The van der Waals surface area contributed by atoms with Crippen molar-refractivity contribution < 1.29 is 0 Å². The molecule has 2 rings (SSSR count). The molecule has 0 fully saturated rings. The Morgan fingerprint density at radius 1 is 1.05 bits per heavy atom. The minimum atomic E-state index is 0.253. The van der Waals surface area contributed by atoms with Crippen molar-refractivity contribution in [2.24, 2.45) is 0 Å². The van der Waals surface area contributed by atoms with E-state index in [0.717, 1.165) is 13.0 Å². The summed E-state index contributed by atoms with van der Waals surface area (Å²) in [4.78, 5) is 0. The van der Waals surface area contributed by atoms with Gasteiger partial charge in [0.05, 0.1) is 6.04 Å². The van der Waals surface area contributed by atoms with Crippen LogP contribution in [0.25, 0.3) is 0 Å². The Balaban J connectivity index is 2.41. The highest BCUT2D eigenvalue weighted by Gasteiger charge is 2.15. The third-order valence-electron chi connectivity index (χ3n) is 3.75. The molecule has 0 aliphatic carbocycles. The second-order valence-corrected chi connectivity index (χ2v) is 5.89. The molecule has 106 valence electrons. The van der Waals surface area contributed by atoms with Crippen LogP contribution in [0.5, 0.6) is 0 Å². The van der Waals surface area contributed by atoms with Crippen LogP contribution in [0.1, 0.15) is 42.1 Å². The summed E-state index contributed by atoms with van der Waals surface area (Å²) >= 11 is 3.63. The molecule has 2 aromatic carbocycles. The van der Waals surface area contributed by atoms with Gasteiger partial charge in [0.1, 0.15) is 0 Å². The third kappa shape index (κ3) is 3.31. The van der Waals surface area contributed by atoms with Crippen LogP contribution >= 0.6 is 15.9 Å². The molecule has 0 heterocycles. The highest BCUT2D eigenvalue weighted by Crippen LogP contribution is 2.29. The van der Waals surface area contributed by atoms with Crippen LogP contribution in [0.4, 0.5) is 0 Å². The Hall–Kier alpha value is -1.12. The minimum Gasteiger partial charge on any atom is -0.307 e. The van der Waals surface area contributed by atoms with Crippen LogP contribution in [0, 0.1) is 6.92 Å². The van der Waals surface area contributed by atoms with Crippen molar-refractivity contribution in [2.75, 3.05) is 6.54 Å². The summed E-state index contributed by atoms with van der Waals surface area (Å²) in [7, 11) is 0. The van der Waals surface area contributed by atoms with E-state index in [1.54, 1.807) is 0 Å². The predicted molar refractivity (Wildman–Crippen MR) is 90.2 cm³/mol. The number of nitrogens with one attached hydrogen (secondary N) is 1. The van der Waals surface area contributed by atoms with Gasteiger partial charge in [-0.25, -0.2) is 0 Å². The van der Waals surface area contributed by atoms with Crippen molar-refractivity contribution in [3.05, 3.63) is 69.2 Å². The largest absolute Gasteiger partial charge is 0.307 e. The number of hydrogen-bond donors (Lipinski definition) is 1. The third-order valence-corrected chi connectivity index (χ3v) is 4.61. The smallest absolute Gasteiger partial charge is 0.0579 e. The van der Waals surface area contributed by atoms with Crippen molar-refractivity contribution in [1.29, 1.82) is 0 Å². The van der Waals surface area contributed by atoms with Crippen LogP contribution in [-0.4, -0.2) is 6.54 Å². The summed E-state index contributed by atoms with van der Waals surface area (Å²) in [5.74, 6) is 0.